The molecule has 0 atom stereocenters. The number of nitrogens with zero attached hydrogens (tertiary/aromatic N) is 1. The molecule has 0 radical (unpaired) electrons. The lowest BCUT2D eigenvalue weighted by atomic mass is 10.1. The number of rotatable bonds is 2. The molecule has 1 amide bonds. The van der Waals surface area contributed by atoms with Gasteiger partial charge in [0.1, 0.15) is 5.76 Å². The Morgan fingerprint density at radius 2 is 2.14 bits per heavy atom. The molecule has 0 aliphatic carbocycles. The van der Waals surface area contributed by atoms with Crippen LogP contribution in [0.15, 0.2) is 50.9 Å². The van der Waals surface area contributed by atoms with Gasteiger partial charge in [-0.05, 0) is 54.9 Å². The second kappa shape index (κ2) is 5.61. The van der Waals surface area contributed by atoms with Crippen LogP contribution in [0.4, 0.5) is 5.69 Å². The molecule has 1 aliphatic rings. The summed E-state index contributed by atoms with van der Waals surface area (Å²) in [5.74, 6) is 0.501. The Morgan fingerprint density at radius 3 is 2.90 bits per heavy atom. The number of aliphatic imine (C=N–C) groups is 1. The first kappa shape index (κ1) is 13.7. The molecule has 1 fully saturated rings. The van der Waals surface area contributed by atoms with Gasteiger partial charge in [0.05, 0.1) is 16.9 Å². The molecule has 2 heterocycles. The van der Waals surface area contributed by atoms with Gasteiger partial charge in [-0.3, -0.25) is 4.79 Å². The first-order chi connectivity index (χ1) is 10.1. The van der Waals surface area contributed by atoms with E-state index < -0.39 is 0 Å². The lowest BCUT2D eigenvalue weighted by molar-refractivity contribution is -0.115. The zero-order valence-electron chi connectivity index (χ0n) is 11.7. The number of thioether (sulfide) groups is 1. The van der Waals surface area contributed by atoms with Gasteiger partial charge in [0, 0.05) is 6.08 Å². The standard InChI is InChI=1S/C16H14N2O2S/c1-10-5-6-11(2)13(8-10)17-16-18-15(19)14(21-16)9-12-4-3-7-20-12/h3-9H,1-2H3,(H,17,18,19)/b14-9+. The minimum absolute atomic E-state index is 0.152. The van der Waals surface area contributed by atoms with Crippen LogP contribution in [0.25, 0.3) is 6.08 Å². The van der Waals surface area contributed by atoms with Crippen LogP contribution >= 0.6 is 11.8 Å². The fourth-order valence-electron chi connectivity index (χ4n) is 1.93. The van der Waals surface area contributed by atoms with E-state index in [0.29, 0.717) is 15.8 Å². The average Bonchev–Trinajstić information content (AvgIpc) is 3.06. The highest BCUT2D eigenvalue weighted by atomic mass is 32.2. The summed E-state index contributed by atoms with van der Waals surface area (Å²) in [6.45, 7) is 4.02. The van der Waals surface area contributed by atoms with Gasteiger partial charge in [-0.1, -0.05) is 12.1 Å². The van der Waals surface area contributed by atoms with Crippen molar-refractivity contribution in [1.82, 2.24) is 5.32 Å². The molecule has 0 bridgehead atoms. The third-order valence-corrected chi connectivity index (χ3v) is 3.96. The number of furan rings is 1. The fourth-order valence-corrected chi connectivity index (χ4v) is 2.75. The number of carbonyl (C=O) groups is 1. The number of carbonyl (C=O) groups excluding carboxylic acids is 1. The first-order valence-corrected chi connectivity index (χ1v) is 7.34. The van der Waals surface area contributed by atoms with Gasteiger partial charge in [0.15, 0.2) is 5.17 Å². The van der Waals surface area contributed by atoms with Crippen molar-refractivity contribution in [1.29, 1.82) is 0 Å². The number of aryl methyl sites for hydroxylation is 2. The molecule has 1 N–H and O–H groups in total. The van der Waals surface area contributed by atoms with Crippen molar-refractivity contribution >= 4 is 34.6 Å². The molecule has 0 spiro atoms. The number of hydrogen-bond donors (Lipinski definition) is 1. The van der Waals surface area contributed by atoms with Crippen LogP contribution in [0.3, 0.4) is 0 Å². The van der Waals surface area contributed by atoms with Gasteiger partial charge < -0.3 is 9.73 Å². The molecule has 21 heavy (non-hydrogen) atoms. The van der Waals surface area contributed by atoms with Crippen molar-refractivity contribution in [2.75, 3.05) is 0 Å². The van der Waals surface area contributed by atoms with Crippen molar-refractivity contribution < 1.29 is 9.21 Å². The molecule has 3 rings (SSSR count). The van der Waals surface area contributed by atoms with Gasteiger partial charge >= 0.3 is 0 Å². The Hall–Kier alpha value is -2.27. The summed E-state index contributed by atoms with van der Waals surface area (Å²) in [4.78, 5) is 17.0. The van der Waals surface area contributed by atoms with Crippen LogP contribution in [0, 0.1) is 13.8 Å². The van der Waals surface area contributed by atoms with Crippen LogP contribution < -0.4 is 5.32 Å². The largest absolute Gasteiger partial charge is 0.465 e. The van der Waals surface area contributed by atoms with Crippen molar-refractivity contribution in [3.05, 3.63) is 58.4 Å². The number of amidine groups is 1. The molecular weight excluding hydrogens is 284 g/mol. The monoisotopic (exact) mass is 298 g/mol. The van der Waals surface area contributed by atoms with Crippen LogP contribution in [0.1, 0.15) is 16.9 Å². The van der Waals surface area contributed by atoms with Crippen molar-refractivity contribution in [3.8, 4) is 0 Å². The minimum atomic E-state index is -0.152. The van der Waals surface area contributed by atoms with Gasteiger partial charge in [-0.2, -0.15) is 0 Å². The molecule has 1 aromatic heterocycles. The maximum absolute atomic E-state index is 11.9. The molecule has 1 aliphatic heterocycles. The number of benzene rings is 1. The van der Waals surface area contributed by atoms with Crippen LogP contribution in [0.5, 0.6) is 0 Å². The smallest absolute Gasteiger partial charge is 0.264 e. The van der Waals surface area contributed by atoms with Crippen LogP contribution in [-0.4, -0.2) is 11.1 Å². The Balaban J connectivity index is 1.87. The summed E-state index contributed by atoms with van der Waals surface area (Å²) in [6.07, 6.45) is 3.29. The zero-order chi connectivity index (χ0) is 14.8. The SMILES string of the molecule is Cc1ccc(C)c(N=C2NC(=O)/C(=C\c3ccco3)S2)c1. The summed E-state index contributed by atoms with van der Waals surface area (Å²) in [6, 6.07) is 9.66. The fraction of sp³-hybridized carbons (Fsp3) is 0.125. The number of nitrogens with one attached hydrogen (secondary N) is 1. The van der Waals surface area contributed by atoms with E-state index in [1.54, 1.807) is 24.5 Å². The van der Waals surface area contributed by atoms with Gasteiger partial charge in [0.25, 0.3) is 5.91 Å². The van der Waals surface area contributed by atoms with E-state index in [1.807, 2.05) is 32.0 Å². The summed E-state index contributed by atoms with van der Waals surface area (Å²) in [5, 5.41) is 3.36. The second-order valence-electron chi connectivity index (χ2n) is 4.79. The highest BCUT2D eigenvalue weighted by Crippen LogP contribution is 2.29. The van der Waals surface area contributed by atoms with Gasteiger partial charge in [-0.15, -0.1) is 0 Å². The lowest BCUT2D eigenvalue weighted by Crippen LogP contribution is -2.19. The predicted molar refractivity (Wildman–Crippen MR) is 85.4 cm³/mol. The van der Waals surface area contributed by atoms with Gasteiger partial charge in [-0.25, -0.2) is 4.99 Å². The number of amides is 1. The molecule has 1 saturated heterocycles. The average molecular weight is 298 g/mol. The van der Waals surface area contributed by atoms with E-state index in [9.17, 15) is 4.79 Å². The lowest BCUT2D eigenvalue weighted by Gasteiger charge is -2.02. The molecule has 0 saturated carbocycles. The third-order valence-electron chi connectivity index (χ3n) is 3.05. The predicted octanol–water partition coefficient (Wildman–Crippen LogP) is 3.79. The highest BCUT2D eigenvalue weighted by molar-refractivity contribution is 8.18. The Kier molecular flexibility index (Phi) is 3.66. The Bertz CT molecular complexity index is 746. The summed E-state index contributed by atoms with van der Waals surface area (Å²) >= 11 is 1.32. The minimum Gasteiger partial charge on any atom is -0.465 e. The van der Waals surface area contributed by atoms with Crippen molar-refractivity contribution in [2.45, 2.75) is 13.8 Å². The molecule has 0 unspecified atom stereocenters. The van der Waals surface area contributed by atoms with Crippen molar-refractivity contribution in [2.24, 2.45) is 4.99 Å². The van der Waals surface area contributed by atoms with E-state index in [0.717, 1.165) is 16.8 Å². The second-order valence-corrected chi connectivity index (χ2v) is 5.82. The van der Waals surface area contributed by atoms with E-state index in [4.69, 9.17) is 4.42 Å². The quantitative estimate of drug-likeness (QED) is 0.858. The zero-order valence-corrected chi connectivity index (χ0v) is 12.5. The Morgan fingerprint density at radius 1 is 1.29 bits per heavy atom. The molecule has 4 nitrogen and oxygen atoms in total. The third kappa shape index (κ3) is 3.08. The van der Waals surface area contributed by atoms with Gasteiger partial charge in [0.2, 0.25) is 0 Å². The van der Waals surface area contributed by atoms with Crippen LogP contribution in [0.2, 0.25) is 0 Å². The topological polar surface area (TPSA) is 54.6 Å². The maximum atomic E-state index is 11.9. The molecule has 5 heteroatoms. The molecular formula is C16H14N2O2S. The highest BCUT2D eigenvalue weighted by Gasteiger charge is 2.24. The maximum Gasteiger partial charge on any atom is 0.264 e. The van der Waals surface area contributed by atoms with E-state index in [-0.39, 0.29) is 5.91 Å². The normalized spacial score (nSPS) is 18.5. The van der Waals surface area contributed by atoms with Crippen LogP contribution in [-0.2, 0) is 4.79 Å². The number of hydrogen-bond acceptors (Lipinski definition) is 4. The molecule has 2 aromatic rings. The molecule has 1 aromatic carbocycles. The summed E-state index contributed by atoms with van der Waals surface area (Å²) < 4.78 is 5.22. The van der Waals surface area contributed by atoms with E-state index >= 15 is 0 Å². The first-order valence-electron chi connectivity index (χ1n) is 6.52. The van der Waals surface area contributed by atoms with E-state index in [2.05, 4.69) is 10.3 Å². The van der Waals surface area contributed by atoms with E-state index in [1.165, 1.54) is 11.8 Å². The van der Waals surface area contributed by atoms with Crippen molar-refractivity contribution in [3.63, 3.8) is 0 Å². The molecule has 106 valence electrons. The Labute approximate surface area is 127 Å². The summed E-state index contributed by atoms with van der Waals surface area (Å²) in [7, 11) is 0. The summed E-state index contributed by atoms with van der Waals surface area (Å²) in [5.41, 5.74) is 3.09.